The first-order chi connectivity index (χ1) is 12.6. The van der Waals surface area contributed by atoms with Crippen molar-refractivity contribution in [3.8, 4) is 0 Å². The summed E-state index contributed by atoms with van der Waals surface area (Å²) in [4.78, 5) is 29.6. The number of nitrogens with zero attached hydrogens (tertiary/aromatic N) is 2. The van der Waals surface area contributed by atoms with Crippen molar-refractivity contribution in [2.75, 3.05) is 5.32 Å². The van der Waals surface area contributed by atoms with Crippen molar-refractivity contribution < 1.29 is 9.59 Å². The monoisotopic (exact) mass is 370 g/mol. The number of aromatic nitrogens is 2. The van der Waals surface area contributed by atoms with Crippen LogP contribution >= 0.6 is 11.3 Å². The second kappa shape index (κ2) is 8.14. The molecule has 0 spiro atoms. The highest BCUT2D eigenvalue weighted by Crippen LogP contribution is 2.24. The van der Waals surface area contributed by atoms with Gasteiger partial charge in [0.1, 0.15) is 0 Å². The number of aryl methyl sites for hydroxylation is 1. The Balaban J connectivity index is 1.79. The number of para-hydroxylation sites is 2. The van der Waals surface area contributed by atoms with E-state index in [2.05, 4.69) is 22.5 Å². The van der Waals surface area contributed by atoms with Gasteiger partial charge in [-0.25, -0.2) is 4.98 Å². The normalized spacial score (nSPS) is 12.1. The molecular formula is C19H22N4O2S. The molecule has 3 rings (SSSR count). The fourth-order valence-electron chi connectivity index (χ4n) is 2.94. The minimum atomic E-state index is -0.337. The van der Waals surface area contributed by atoms with Crippen molar-refractivity contribution in [2.24, 2.45) is 0 Å². The molecule has 2 heterocycles. The van der Waals surface area contributed by atoms with E-state index < -0.39 is 0 Å². The summed E-state index contributed by atoms with van der Waals surface area (Å²) in [5.74, 6) is 0.213. The minimum Gasteiger partial charge on any atom is -0.348 e. The van der Waals surface area contributed by atoms with Gasteiger partial charge in [0.05, 0.1) is 23.5 Å². The maximum absolute atomic E-state index is 12.6. The molecule has 1 aromatic carbocycles. The predicted octanol–water partition coefficient (Wildman–Crippen LogP) is 3.71. The number of benzene rings is 1. The summed E-state index contributed by atoms with van der Waals surface area (Å²) >= 11 is 1.52. The molecule has 0 fully saturated rings. The Kier molecular flexibility index (Phi) is 5.68. The van der Waals surface area contributed by atoms with Gasteiger partial charge in [-0.15, -0.1) is 11.3 Å². The zero-order valence-corrected chi connectivity index (χ0v) is 15.7. The molecule has 0 aliphatic heterocycles. The zero-order chi connectivity index (χ0) is 18.5. The van der Waals surface area contributed by atoms with Crippen molar-refractivity contribution in [3.63, 3.8) is 0 Å². The highest BCUT2D eigenvalue weighted by Gasteiger charge is 2.20. The molecule has 26 heavy (non-hydrogen) atoms. The van der Waals surface area contributed by atoms with Crippen LogP contribution in [0.4, 0.5) is 5.95 Å². The number of hydrogen-bond acceptors (Lipinski definition) is 4. The number of rotatable bonds is 7. The summed E-state index contributed by atoms with van der Waals surface area (Å²) in [6.45, 7) is 4.32. The smallest absolute Gasteiger partial charge is 0.229 e. The summed E-state index contributed by atoms with van der Waals surface area (Å²) in [7, 11) is 0. The molecular weight excluding hydrogens is 348 g/mol. The molecule has 1 atom stereocenters. The van der Waals surface area contributed by atoms with Crippen LogP contribution in [0.5, 0.6) is 0 Å². The zero-order valence-electron chi connectivity index (χ0n) is 14.9. The fourth-order valence-corrected chi connectivity index (χ4v) is 3.72. The van der Waals surface area contributed by atoms with Crippen LogP contribution in [0.2, 0.25) is 0 Å². The minimum absolute atomic E-state index is 0.158. The number of thiophene rings is 1. The van der Waals surface area contributed by atoms with E-state index in [0.29, 0.717) is 5.95 Å². The lowest BCUT2D eigenvalue weighted by molar-refractivity contribution is -0.120. The maximum atomic E-state index is 12.6. The van der Waals surface area contributed by atoms with Gasteiger partial charge in [-0.2, -0.15) is 0 Å². The largest absolute Gasteiger partial charge is 0.348 e. The van der Waals surface area contributed by atoms with E-state index in [0.717, 1.165) is 28.9 Å². The van der Waals surface area contributed by atoms with Crippen LogP contribution in [0.15, 0.2) is 41.8 Å². The third kappa shape index (κ3) is 4.11. The number of anilines is 1. The van der Waals surface area contributed by atoms with E-state index in [1.54, 1.807) is 0 Å². The summed E-state index contributed by atoms with van der Waals surface area (Å²) in [6, 6.07) is 11.3. The molecule has 2 N–H and O–H groups in total. The van der Waals surface area contributed by atoms with E-state index in [1.165, 1.54) is 18.3 Å². The van der Waals surface area contributed by atoms with E-state index in [4.69, 9.17) is 0 Å². The number of carbonyl (C=O) groups is 2. The Morgan fingerprint density at radius 3 is 2.73 bits per heavy atom. The first-order valence-electron chi connectivity index (χ1n) is 8.64. The maximum Gasteiger partial charge on any atom is 0.229 e. The molecule has 7 heteroatoms. The molecule has 6 nitrogen and oxygen atoms in total. The van der Waals surface area contributed by atoms with Gasteiger partial charge in [0.15, 0.2) is 0 Å². The van der Waals surface area contributed by atoms with Gasteiger partial charge in [-0.1, -0.05) is 25.1 Å². The Bertz CT molecular complexity index is 902. The highest BCUT2D eigenvalue weighted by atomic mass is 32.1. The second-order valence-electron chi connectivity index (χ2n) is 6.10. The molecule has 3 aromatic rings. The van der Waals surface area contributed by atoms with E-state index in [-0.39, 0.29) is 24.3 Å². The summed E-state index contributed by atoms with van der Waals surface area (Å²) in [6.07, 6.45) is 1.10. The predicted molar refractivity (Wildman–Crippen MR) is 104 cm³/mol. The van der Waals surface area contributed by atoms with Gasteiger partial charge < -0.3 is 9.88 Å². The fraction of sp³-hybridized carbons (Fsp3) is 0.316. The number of nitrogens with one attached hydrogen (secondary N) is 2. The Morgan fingerprint density at radius 1 is 1.23 bits per heavy atom. The van der Waals surface area contributed by atoms with Crippen LogP contribution in [0, 0.1) is 0 Å². The number of fused-ring (bicyclic) bond motifs is 1. The SMILES string of the molecule is CCCn1c(NC(=O)CC(NC(C)=O)c2cccs2)nc2ccccc21. The standard InChI is InChI=1S/C19H22N4O2S/c1-3-10-23-16-8-5-4-7-14(16)21-19(23)22-18(25)12-15(20-13(2)24)17-9-6-11-26-17/h4-9,11,15H,3,10,12H2,1-2H3,(H,20,24)(H,21,22,25). The topological polar surface area (TPSA) is 76.0 Å². The van der Waals surface area contributed by atoms with Gasteiger partial charge in [0, 0.05) is 18.3 Å². The van der Waals surface area contributed by atoms with Crippen molar-refractivity contribution in [1.29, 1.82) is 0 Å². The third-order valence-electron chi connectivity index (χ3n) is 4.01. The highest BCUT2D eigenvalue weighted by molar-refractivity contribution is 7.10. The van der Waals surface area contributed by atoms with E-state index >= 15 is 0 Å². The van der Waals surface area contributed by atoms with Crippen LogP contribution in [-0.4, -0.2) is 21.4 Å². The van der Waals surface area contributed by atoms with Crippen molar-refractivity contribution in [3.05, 3.63) is 46.7 Å². The molecule has 0 bridgehead atoms. The number of imidazole rings is 1. The van der Waals surface area contributed by atoms with Gasteiger partial charge in [-0.05, 0) is 30.0 Å². The lowest BCUT2D eigenvalue weighted by Gasteiger charge is -2.16. The number of amides is 2. The van der Waals surface area contributed by atoms with E-state index in [9.17, 15) is 9.59 Å². The Morgan fingerprint density at radius 2 is 2.04 bits per heavy atom. The molecule has 2 aromatic heterocycles. The van der Waals surface area contributed by atoms with Crippen LogP contribution in [0.1, 0.15) is 37.6 Å². The van der Waals surface area contributed by atoms with Crippen LogP contribution < -0.4 is 10.6 Å². The van der Waals surface area contributed by atoms with Crippen LogP contribution in [-0.2, 0) is 16.1 Å². The average molecular weight is 370 g/mol. The molecule has 136 valence electrons. The van der Waals surface area contributed by atoms with Crippen molar-refractivity contribution in [1.82, 2.24) is 14.9 Å². The van der Waals surface area contributed by atoms with Crippen LogP contribution in [0.3, 0.4) is 0 Å². The summed E-state index contributed by atoms with van der Waals surface area (Å²) < 4.78 is 2.02. The molecule has 1 unspecified atom stereocenters. The molecule has 0 saturated heterocycles. The lowest BCUT2D eigenvalue weighted by atomic mass is 10.1. The third-order valence-corrected chi connectivity index (χ3v) is 4.99. The first-order valence-corrected chi connectivity index (χ1v) is 9.52. The average Bonchev–Trinajstić information content (AvgIpc) is 3.23. The van der Waals surface area contributed by atoms with Gasteiger partial charge in [-0.3, -0.25) is 14.9 Å². The molecule has 0 aliphatic carbocycles. The van der Waals surface area contributed by atoms with Gasteiger partial charge in [0.25, 0.3) is 0 Å². The van der Waals surface area contributed by atoms with Crippen LogP contribution in [0.25, 0.3) is 11.0 Å². The second-order valence-corrected chi connectivity index (χ2v) is 7.08. The number of carbonyl (C=O) groups excluding carboxylic acids is 2. The van der Waals surface area contributed by atoms with Crippen molar-refractivity contribution >= 4 is 40.1 Å². The molecule has 0 saturated carbocycles. The molecule has 2 amide bonds. The van der Waals surface area contributed by atoms with E-state index in [1.807, 2.05) is 46.3 Å². The lowest BCUT2D eigenvalue weighted by Crippen LogP contribution is -2.29. The summed E-state index contributed by atoms with van der Waals surface area (Å²) in [5, 5.41) is 7.70. The van der Waals surface area contributed by atoms with Gasteiger partial charge in [0.2, 0.25) is 17.8 Å². The molecule has 0 radical (unpaired) electrons. The first kappa shape index (κ1) is 18.1. The summed E-state index contributed by atoms with van der Waals surface area (Å²) in [5.41, 5.74) is 1.86. The molecule has 0 aliphatic rings. The number of hydrogen-bond donors (Lipinski definition) is 2. The Hall–Kier alpha value is -2.67. The quantitative estimate of drug-likeness (QED) is 0.666. The van der Waals surface area contributed by atoms with Crippen molar-refractivity contribution in [2.45, 2.75) is 39.3 Å². The Labute approximate surface area is 156 Å². The van der Waals surface area contributed by atoms with Gasteiger partial charge >= 0.3 is 0 Å².